The number of carbonyl (C=O) groups is 1. The van der Waals surface area contributed by atoms with Gasteiger partial charge in [-0.3, -0.25) is 14.9 Å². The van der Waals surface area contributed by atoms with E-state index < -0.39 is 4.92 Å². The van der Waals surface area contributed by atoms with E-state index >= 15 is 0 Å². The van der Waals surface area contributed by atoms with Crippen LogP contribution in [0.4, 0.5) is 17.2 Å². The van der Waals surface area contributed by atoms with Gasteiger partial charge in [-0.15, -0.1) is 0 Å². The molecule has 146 valence electrons. The van der Waals surface area contributed by atoms with Gasteiger partial charge in [-0.25, -0.2) is 4.98 Å². The number of anilines is 2. The number of phenolic OH excluding ortho intramolecular Hbond substituents is 1. The molecule has 29 heavy (non-hydrogen) atoms. The molecule has 0 aliphatic carbocycles. The first kappa shape index (κ1) is 19.6. The molecule has 3 aromatic rings. The van der Waals surface area contributed by atoms with E-state index in [0.717, 1.165) is 0 Å². The summed E-state index contributed by atoms with van der Waals surface area (Å²) in [5.41, 5.74) is 1.50. The Hall–Kier alpha value is -4.20. The zero-order valence-corrected chi connectivity index (χ0v) is 15.4. The fourth-order valence-corrected chi connectivity index (χ4v) is 2.58. The standard InChI is InChI=1S/C21H17N3O5/c1-29-20-11-5-14(13-19(20)26)4-10-18(25)17-3-2-12-22-21(17)23-15-6-8-16(9-7-15)24(27)28/h2-13,26H,1H3,(H,22,23). The van der Waals surface area contributed by atoms with E-state index in [9.17, 15) is 20.0 Å². The highest BCUT2D eigenvalue weighted by atomic mass is 16.6. The maximum atomic E-state index is 12.6. The molecule has 0 saturated heterocycles. The number of phenols is 1. The summed E-state index contributed by atoms with van der Waals surface area (Å²) in [6.07, 6.45) is 4.49. The number of allylic oxidation sites excluding steroid dienone is 1. The monoisotopic (exact) mass is 391 g/mol. The van der Waals surface area contributed by atoms with Crippen molar-refractivity contribution in [2.24, 2.45) is 0 Å². The lowest BCUT2D eigenvalue weighted by atomic mass is 10.1. The van der Waals surface area contributed by atoms with Crippen LogP contribution in [-0.2, 0) is 0 Å². The Morgan fingerprint density at radius 1 is 1.21 bits per heavy atom. The van der Waals surface area contributed by atoms with Crippen molar-refractivity contribution in [2.45, 2.75) is 0 Å². The van der Waals surface area contributed by atoms with Crippen LogP contribution < -0.4 is 10.1 Å². The molecule has 2 N–H and O–H groups in total. The van der Waals surface area contributed by atoms with Gasteiger partial charge in [0.2, 0.25) is 0 Å². The van der Waals surface area contributed by atoms with Crippen LogP contribution in [0.3, 0.4) is 0 Å². The SMILES string of the molecule is COc1ccc(C=CC(=O)c2cccnc2Nc2ccc([N+](=O)[O-])cc2)cc1O. The quantitative estimate of drug-likeness (QED) is 0.266. The van der Waals surface area contributed by atoms with Gasteiger partial charge in [0.1, 0.15) is 5.82 Å². The number of methoxy groups -OCH3 is 1. The minimum atomic E-state index is -0.485. The van der Waals surface area contributed by atoms with Gasteiger partial charge in [-0.2, -0.15) is 0 Å². The predicted molar refractivity (Wildman–Crippen MR) is 109 cm³/mol. The number of ketones is 1. The van der Waals surface area contributed by atoms with Crippen molar-refractivity contribution < 1.29 is 19.6 Å². The number of nitro benzene ring substituents is 1. The smallest absolute Gasteiger partial charge is 0.269 e. The molecule has 8 heteroatoms. The van der Waals surface area contributed by atoms with Crippen LogP contribution in [0.2, 0.25) is 0 Å². The zero-order valence-electron chi connectivity index (χ0n) is 15.4. The number of non-ortho nitro benzene ring substituents is 1. The largest absolute Gasteiger partial charge is 0.504 e. The van der Waals surface area contributed by atoms with Crippen molar-refractivity contribution >= 4 is 29.1 Å². The number of hydrogen-bond acceptors (Lipinski definition) is 7. The van der Waals surface area contributed by atoms with Crippen LogP contribution in [0, 0.1) is 10.1 Å². The van der Waals surface area contributed by atoms with Gasteiger partial charge in [-0.05, 0) is 48.0 Å². The van der Waals surface area contributed by atoms with Gasteiger partial charge in [0.25, 0.3) is 5.69 Å². The van der Waals surface area contributed by atoms with Gasteiger partial charge in [0.15, 0.2) is 17.3 Å². The Bertz CT molecular complexity index is 1080. The second-order valence-corrected chi connectivity index (χ2v) is 5.96. The van der Waals surface area contributed by atoms with Crippen LogP contribution in [0.15, 0.2) is 66.9 Å². The highest BCUT2D eigenvalue weighted by Gasteiger charge is 2.11. The third kappa shape index (κ3) is 4.75. The number of hydrogen-bond donors (Lipinski definition) is 2. The minimum Gasteiger partial charge on any atom is -0.504 e. The first-order valence-electron chi connectivity index (χ1n) is 8.54. The van der Waals surface area contributed by atoms with Crippen LogP contribution in [0.1, 0.15) is 15.9 Å². The first-order chi connectivity index (χ1) is 14.0. The predicted octanol–water partition coefficient (Wildman–Crippen LogP) is 4.34. The number of nitro groups is 1. The van der Waals surface area contributed by atoms with E-state index in [2.05, 4.69) is 10.3 Å². The normalized spacial score (nSPS) is 10.7. The molecule has 0 bridgehead atoms. The van der Waals surface area contributed by atoms with Crippen LogP contribution >= 0.6 is 0 Å². The molecule has 0 amide bonds. The molecular formula is C21H17N3O5. The number of aromatic nitrogens is 1. The topological polar surface area (TPSA) is 115 Å². The highest BCUT2D eigenvalue weighted by molar-refractivity contribution is 6.10. The molecule has 0 atom stereocenters. The summed E-state index contributed by atoms with van der Waals surface area (Å²) < 4.78 is 4.99. The average Bonchev–Trinajstić information content (AvgIpc) is 2.73. The molecule has 8 nitrogen and oxygen atoms in total. The van der Waals surface area contributed by atoms with E-state index in [0.29, 0.717) is 28.4 Å². The van der Waals surface area contributed by atoms with E-state index in [4.69, 9.17) is 4.74 Å². The number of carbonyl (C=O) groups excluding carboxylic acids is 1. The molecule has 0 unspecified atom stereocenters. The third-order valence-electron chi connectivity index (χ3n) is 4.04. The fourth-order valence-electron chi connectivity index (χ4n) is 2.58. The molecule has 0 aliphatic rings. The van der Waals surface area contributed by atoms with Gasteiger partial charge >= 0.3 is 0 Å². The molecule has 0 radical (unpaired) electrons. The molecule has 0 aliphatic heterocycles. The first-order valence-corrected chi connectivity index (χ1v) is 8.54. The number of aromatic hydroxyl groups is 1. The molecule has 2 aromatic carbocycles. The van der Waals surface area contributed by atoms with Gasteiger partial charge in [0.05, 0.1) is 17.6 Å². The molecule has 0 saturated carbocycles. The van der Waals surface area contributed by atoms with E-state index in [1.165, 1.54) is 49.7 Å². The lowest BCUT2D eigenvalue weighted by Gasteiger charge is -2.09. The van der Waals surface area contributed by atoms with Crippen molar-refractivity contribution in [3.05, 3.63) is 88.1 Å². The number of benzene rings is 2. The summed E-state index contributed by atoms with van der Waals surface area (Å²) in [4.78, 5) is 27.1. The van der Waals surface area contributed by atoms with Crippen molar-refractivity contribution in [2.75, 3.05) is 12.4 Å². The van der Waals surface area contributed by atoms with E-state index in [-0.39, 0.29) is 17.2 Å². The Labute approximate surface area is 166 Å². The summed E-state index contributed by atoms with van der Waals surface area (Å²) in [5, 5.41) is 23.6. The lowest BCUT2D eigenvalue weighted by molar-refractivity contribution is -0.384. The fraction of sp³-hybridized carbons (Fsp3) is 0.0476. The number of pyridine rings is 1. The maximum Gasteiger partial charge on any atom is 0.269 e. The number of nitrogens with zero attached hydrogens (tertiary/aromatic N) is 2. The minimum absolute atomic E-state index is 0.0241. The summed E-state index contributed by atoms with van der Waals surface area (Å²) in [5.74, 6) is 0.353. The van der Waals surface area contributed by atoms with Crippen molar-refractivity contribution in [1.29, 1.82) is 0 Å². The summed E-state index contributed by atoms with van der Waals surface area (Å²) in [6.45, 7) is 0. The third-order valence-corrected chi connectivity index (χ3v) is 4.04. The Kier molecular flexibility index (Phi) is 5.84. The second kappa shape index (κ2) is 8.66. The lowest BCUT2D eigenvalue weighted by Crippen LogP contribution is -2.03. The van der Waals surface area contributed by atoms with E-state index in [1.807, 2.05) is 0 Å². The maximum absolute atomic E-state index is 12.6. The molecule has 0 spiro atoms. The Morgan fingerprint density at radius 2 is 1.97 bits per heavy atom. The average molecular weight is 391 g/mol. The van der Waals surface area contributed by atoms with Gasteiger partial charge < -0.3 is 15.2 Å². The number of nitrogens with one attached hydrogen (secondary N) is 1. The summed E-state index contributed by atoms with van der Waals surface area (Å²) >= 11 is 0. The van der Waals surface area contributed by atoms with Crippen molar-refractivity contribution in [1.82, 2.24) is 4.98 Å². The highest BCUT2D eigenvalue weighted by Crippen LogP contribution is 2.27. The molecule has 1 heterocycles. The van der Waals surface area contributed by atoms with Crippen LogP contribution in [-0.4, -0.2) is 27.9 Å². The van der Waals surface area contributed by atoms with Gasteiger partial charge in [0, 0.05) is 24.0 Å². The number of rotatable bonds is 7. The Morgan fingerprint density at radius 3 is 2.62 bits per heavy atom. The van der Waals surface area contributed by atoms with Crippen LogP contribution in [0.25, 0.3) is 6.08 Å². The van der Waals surface area contributed by atoms with E-state index in [1.54, 1.807) is 30.3 Å². The second-order valence-electron chi connectivity index (χ2n) is 5.96. The number of ether oxygens (including phenoxy) is 1. The molecular weight excluding hydrogens is 374 g/mol. The summed E-state index contributed by atoms with van der Waals surface area (Å²) in [6, 6.07) is 13.9. The van der Waals surface area contributed by atoms with Crippen molar-refractivity contribution in [3.63, 3.8) is 0 Å². The molecule has 1 aromatic heterocycles. The van der Waals surface area contributed by atoms with Gasteiger partial charge in [-0.1, -0.05) is 12.1 Å². The summed E-state index contributed by atoms with van der Waals surface area (Å²) in [7, 11) is 1.45. The Balaban J connectivity index is 1.79. The van der Waals surface area contributed by atoms with Crippen molar-refractivity contribution in [3.8, 4) is 11.5 Å². The zero-order chi connectivity index (χ0) is 20.8. The van der Waals surface area contributed by atoms with Crippen LogP contribution in [0.5, 0.6) is 11.5 Å². The molecule has 3 rings (SSSR count). The molecule has 0 fully saturated rings.